The molecule has 1 atom stereocenters. The molecule has 0 aliphatic heterocycles. The van der Waals surface area contributed by atoms with Gasteiger partial charge in [0.25, 0.3) is 0 Å². The van der Waals surface area contributed by atoms with E-state index in [0.717, 1.165) is 21.2 Å². The van der Waals surface area contributed by atoms with E-state index in [9.17, 15) is 4.79 Å². The Labute approximate surface area is 74.0 Å². The molecule has 1 aromatic rings. The van der Waals surface area contributed by atoms with Crippen molar-refractivity contribution in [3.8, 4) is 0 Å². The highest BCUT2D eigenvalue weighted by Crippen LogP contribution is 2.35. The van der Waals surface area contributed by atoms with E-state index in [1.165, 1.54) is 11.3 Å². The van der Waals surface area contributed by atoms with Gasteiger partial charge in [-0.25, -0.2) is 0 Å². The first-order valence-electron chi connectivity index (χ1n) is 3.51. The van der Waals surface area contributed by atoms with E-state index in [0.29, 0.717) is 0 Å². The fraction of sp³-hybridized carbons (Fsp3) is 0.375. The van der Waals surface area contributed by atoms with Gasteiger partial charge in [-0.3, -0.25) is 4.79 Å². The van der Waals surface area contributed by atoms with E-state index in [4.69, 9.17) is 11.6 Å². The summed E-state index contributed by atoms with van der Waals surface area (Å²) >= 11 is 7.16. The molecule has 0 bridgehead atoms. The minimum atomic E-state index is 0.175. The van der Waals surface area contributed by atoms with Crippen LogP contribution in [0.4, 0.5) is 0 Å². The predicted molar refractivity (Wildman–Crippen MR) is 46.5 cm³/mol. The van der Waals surface area contributed by atoms with Gasteiger partial charge < -0.3 is 0 Å². The van der Waals surface area contributed by atoms with Crippen molar-refractivity contribution < 1.29 is 4.79 Å². The van der Waals surface area contributed by atoms with Crippen molar-refractivity contribution in [2.75, 3.05) is 0 Å². The van der Waals surface area contributed by atoms with Gasteiger partial charge in [0.15, 0.2) is 5.78 Å². The molecule has 1 unspecified atom stereocenters. The van der Waals surface area contributed by atoms with Crippen molar-refractivity contribution in [1.29, 1.82) is 0 Å². The maximum atomic E-state index is 11.4. The summed E-state index contributed by atoms with van der Waals surface area (Å²) in [6.07, 6.45) is 0.872. The van der Waals surface area contributed by atoms with Crippen molar-refractivity contribution in [3.05, 3.63) is 20.8 Å². The zero-order chi connectivity index (χ0) is 8.01. The predicted octanol–water partition coefficient (Wildman–Crippen LogP) is 2.78. The Morgan fingerprint density at radius 2 is 2.45 bits per heavy atom. The number of carbonyl (C=O) groups is 1. The van der Waals surface area contributed by atoms with Crippen molar-refractivity contribution in [3.63, 3.8) is 0 Å². The Morgan fingerprint density at radius 1 is 1.73 bits per heavy atom. The minimum absolute atomic E-state index is 0.175. The summed E-state index contributed by atoms with van der Waals surface area (Å²) < 4.78 is 0.732. The fourth-order valence-electron chi connectivity index (χ4n) is 1.40. The van der Waals surface area contributed by atoms with Crippen molar-refractivity contribution >= 4 is 28.7 Å². The first-order valence-corrected chi connectivity index (χ1v) is 4.70. The zero-order valence-electron chi connectivity index (χ0n) is 6.06. The molecule has 0 saturated carbocycles. The van der Waals surface area contributed by atoms with Crippen molar-refractivity contribution in [2.45, 2.75) is 13.3 Å². The van der Waals surface area contributed by atoms with Crippen LogP contribution in [0.15, 0.2) is 6.07 Å². The number of halogens is 1. The number of hydrogen-bond donors (Lipinski definition) is 0. The van der Waals surface area contributed by atoms with Gasteiger partial charge in [0.05, 0.1) is 9.21 Å². The lowest BCUT2D eigenvalue weighted by molar-refractivity contribution is 0.0949. The Kier molecular flexibility index (Phi) is 1.55. The number of thiophene rings is 1. The molecule has 58 valence electrons. The molecule has 0 radical (unpaired) electrons. The van der Waals surface area contributed by atoms with Crippen LogP contribution in [0, 0.1) is 5.92 Å². The van der Waals surface area contributed by atoms with Crippen LogP contribution >= 0.6 is 22.9 Å². The normalized spacial score (nSPS) is 22.4. The summed E-state index contributed by atoms with van der Waals surface area (Å²) in [5.41, 5.74) is 1.14. The Morgan fingerprint density at radius 3 is 3.09 bits per heavy atom. The molecule has 3 heteroatoms. The number of rotatable bonds is 0. The summed E-state index contributed by atoms with van der Waals surface area (Å²) in [7, 11) is 0. The standard InChI is InChI=1S/C8H7ClOS/c1-4-2-5-3-6(9)11-8(5)7(4)10/h3-4H,2H2,1H3. The van der Waals surface area contributed by atoms with E-state index >= 15 is 0 Å². The number of Topliss-reactive ketones (excluding diaryl/α,β-unsaturated/α-hetero) is 1. The molecular formula is C8H7ClOS. The van der Waals surface area contributed by atoms with Crippen LogP contribution < -0.4 is 0 Å². The highest BCUT2D eigenvalue weighted by Gasteiger charge is 2.28. The van der Waals surface area contributed by atoms with Crippen LogP contribution in [0.5, 0.6) is 0 Å². The lowest BCUT2D eigenvalue weighted by Gasteiger charge is -1.94. The Bertz CT molecular complexity index is 316. The first-order chi connectivity index (χ1) is 5.18. The largest absolute Gasteiger partial charge is 0.293 e. The minimum Gasteiger partial charge on any atom is -0.293 e. The fourth-order valence-corrected chi connectivity index (χ4v) is 2.74. The molecule has 1 aliphatic carbocycles. The molecule has 1 aliphatic rings. The van der Waals surface area contributed by atoms with Gasteiger partial charge in [-0.15, -0.1) is 11.3 Å². The molecule has 1 nitrogen and oxygen atoms in total. The number of fused-ring (bicyclic) bond motifs is 1. The van der Waals surface area contributed by atoms with Gasteiger partial charge in [0.1, 0.15) is 0 Å². The second-order valence-electron chi connectivity index (χ2n) is 2.87. The molecule has 0 N–H and O–H groups in total. The molecule has 1 aromatic heterocycles. The maximum Gasteiger partial charge on any atom is 0.176 e. The van der Waals surface area contributed by atoms with E-state index in [1.807, 2.05) is 13.0 Å². The van der Waals surface area contributed by atoms with Gasteiger partial charge in [0.2, 0.25) is 0 Å². The van der Waals surface area contributed by atoms with Crippen LogP contribution in [-0.2, 0) is 6.42 Å². The van der Waals surface area contributed by atoms with Crippen LogP contribution in [-0.4, -0.2) is 5.78 Å². The first kappa shape index (κ1) is 7.32. The van der Waals surface area contributed by atoms with Crippen molar-refractivity contribution in [2.24, 2.45) is 5.92 Å². The van der Waals surface area contributed by atoms with Crippen LogP contribution in [0.2, 0.25) is 4.34 Å². The van der Waals surface area contributed by atoms with Gasteiger partial charge in [-0.1, -0.05) is 18.5 Å². The molecular weight excluding hydrogens is 180 g/mol. The third-order valence-electron chi connectivity index (χ3n) is 1.98. The van der Waals surface area contributed by atoms with Gasteiger partial charge in [-0.05, 0) is 18.1 Å². The zero-order valence-corrected chi connectivity index (χ0v) is 7.63. The van der Waals surface area contributed by atoms with Crippen LogP contribution in [0.3, 0.4) is 0 Å². The third kappa shape index (κ3) is 1.01. The monoisotopic (exact) mass is 186 g/mol. The summed E-state index contributed by atoms with van der Waals surface area (Å²) in [6.45, 7) is 1.96. The summed E-state index contributed by atoms with van der Waals surface area (Å²) in [5.74, 6) is 0.436. The topological polar surface area (TPSA) is 17.1 Å². The van der Waals surface area contributed by atoms with E-state index < -0.39 is 0 Å². The molecule has 0 saturated heterocycles. The third-order valence-corrected chi connectivity index (χ3v) is 3.30. The van der Waals surface area contributed by atoms with Crippen molar-refractivity contribution in [1.82, 2.24) is 0 Å². The second-order valence-corrected chi connectivity index (χ2v) is 4.56. The number of ketones is 1. The molecule has 0 aromatic carbocycles. The summed E-state index contributed by atoms with van der Waals surface area (Å²) in [4.78, 5) is 12.2. The maximum absolute atomic E-state index is 11.4. The summed E-state index contributed by atoms with van der Waals surface area (Å²) in [6, 6.07) is 1.91. The Hall–Kier alpha value is -0.340. The molecule has 11 heavy (non-hydrogen) atoms. The molecule has 0 spiro atoms. The Balaban J connectivity index is 2.52. The SMILES string of the molecule is CC1Cc2cc(Cl)sc2C1=O. The van der Waals surface area contributed by atoms with Crippen LogP contribution in [0.1, 0.15) is 22.2 Å². The molecule has 0 amide bonds. The molecule has 0 fully saturated rings. The van der Waals surface area contributed by atoms with E-state index in [1.54, 1.807) is 0 Å². The highest BCUT2D eigenvalue weighted by molar-refractivity contribution is 7.18. The summed E-state index contributed by atoms with van der Waals surface area (Å²) in [5, 5.41) is 0. The van der Waals surface area contributed by atoms with E-state index in [-0.39, 0.29) is 11.7 Å². The number of carbonyl (C=O) groups excluding carboxylic acids is 1. The van der Waals surface area contributed by atoms with Gasteiger partial charge in [-0.2, -0.15) is 0 Å². The van der Waals surface area contributed by atoms with Crippen LogP contribution in [0.25, 0.3) is 0 Å². The quantitative estimate of drug-likeness (QED) is 0.609. The number of hydrogen-bond acceptors (Lipinski definition) is 2. The van der Waals surface area contributed by atoms with Gasteiger partial charge in [0, 0.05) is 5.92 Å². The lowest BCUT2D eigenvalue weighted by Crippen LogP contribution is -2.02. The average molecular weight is 187 g/mol. The van der Waals surface area contributed by atoms with E-state index in [2.05, 4.69) is 0 Å². The molecule has 1 heterocycles. The van der Waals surface area contributed by atoms with Gasteiger partial charge >= 0.3 is 0 Å². The highest BCUT2D eigenvalue weighted by atomic mass is 35.5. The smallest absolute Gasteiger partial charge is 0.176 e. The second kappa shape index (κ2) is 2.32. The average Bonchev–Trinajstić information content (AvgIpc) is 2.37. The lowest BCUT2D eigenvalue weighted by atomic mass is 10.1. The molecule has 2 rings (SSSR count).